The van der Waals surface area contributed by atoms with Crippen LogP contribution in [0.5, 0.6) is 0 Å². The molecule has 7 nitrogen and oxygen atoms in total. The lowest BCUT2D eigenvalue weighted by atomic mass is 9.95. The van der Waals surface area contributed by atoms with Crippen molar-refractivity contribution in [2.45, 2.75) is 44.2 Å². The third-order valence-corrected chi connectivity index (χ3v) is 5.57. The molecule has 2 unspecified atom stereocenters. The van der Waals surface area contributed by atoms with Gasteiger partial charge in [0.15, 0.2) is 0 Å². The van der Waals surface area contributed by atoms with E-state index in [-0.39, 0.29) is 24.3 Å². The molecular weight excluding hydrogens is 368 g/mol. The summed E-state index contributed by atoms with van der Waals surface area (Å²) >= 11 is 0. The molecule has 1 aromatic carbocycles. The van der Waals surface area contributed by atoms with E-state index >= 15 is 0 Å². The number of rotatable bonds is 5. The van der Waals surface area contributed by atoms with Crippen LogP contribution in [-0.4, -0.2) is 40.3 Å². The number of para-hydroxylation sites is 1. The summed E-state index contributed by atoms with van der Waals surface area (Å²) in [6.45, 7) is 0.708. The summed E-state index contributed by atoms with van der Waals surface area (Å²) < 4.78 is 0. The van der Waals surface area contributed by atoms with Crippen molar-refractivity contribution in [1.29, 1.82) is 0 Å². The molecule has 4 rings (SSSR count). The average Bonchev–Trinajstić information content (AvgIpc) is 3.06. The van der Waals surface area contributed by atoms with Crippen molar-refractivity contribution in [2.24, 2.45) is 0 Å². The number of piperidine rings is 1. The minimum atomic E-state index is -0.673. The van der Waals surface area contributed by atoms with Gasteiger partial charge in [-0.25, -0.2) is 9.69 Å². The lowest BCUT2D eigenvalue weighted by Crippen LogP contribution is -2.39. The predicted octanol–water partition coefficient (Wildman–Crippen LogP) is 3.04. The fourth-order valence-electron chi connectivity index (χ4n) is 4.11. The van der Waals surface area contributed by atoms with Gasteiger partial charge in [0.25, 0.3) is 5.91 Å². The first-order valence-electron chi connectivity index (χ1n) is 10.0. The maximum Gasteiger partial charge on any atom is 0.329 e. The van der Waals surface area contributed by atoms with Gasteiger partial charge in [0.2, 0.25) is 5.91 Å². The highest BCUT2D eigenvalue weighted by Crippen LogP contribution is 2.31. The molecule has 2 aliphatic rings. The Morgan fingerprint density at radius 3 is 2.69 bits per heavy atom. The van der Waals surface area contributed by atoms with Crippen molar-refractivity contribution in [3.63, 3.8) is 0 Å². The predicted molar refractivity (Wildman–Crippen MR) is 108 cm³/mol. The fraction of sp³-hybridized carbons (Fsp3) is 0.364. The molecule has 2 fully saturated rings. The van der Waals surface area contributed by atoms with Crippen molar-refractivity contribution in [1.82, 2.24) is 15.2 Å². The molecule has 4 amide bonds. The van der Waals surface area contributed by atoms with Crippen molar-refractivity contribution in [3.8, 4) is 0 Å². The lowest BCUT2D eigenvalue weighted by molar-refractivity contribution is -0.135. The van der Waals surface area contributed by atoms with Crippen LogP contribution in [0.25, 0.3) is 0 Å². The van der Waals surface area contributed by atoms with Crippen molar-refractivity contribution in [3.05, 3.63) is 60.4 Å². The highest BCUT2D eigenvalue weighted by Gasteiger charge is 2.39. The summed E-state index contributed by atoms with van der Waals surface area (Å²) in [5.74, 6) is -0.296. The van der Waals surface area contributed by atoms with Crippen LogP contribution in [0.1, 0.15) is 43.7 Å². The number of nitrogens with one attached hydrogen (secondary N) is 1. The molecule has 2 atom stereocenters. The van der Waals surface area contributed by atoms with Gasteiger partial charge in [-0.05, 0) is 49.4 Å². The third-order valence-electron chi connectivity index (χ3n) is 5.57. The third kappa shape index (κ3) is 3.99. The van der Waals surface area contributed by atoms with Crippen LogP contribution in [-0.2, 0) is 9.59 Å². The van der Waals surface area contributed by atoms with E-state index in [4.69, 9.17) is 0 Å². The standard InChI is InChI=1S/C22H24N4O3/c27-20(25-14-5-4-10-19(25)16-7-6-13-23-15-16)12-11-18-21(28)26(22(29)24-18)17-8-2-1-3-9-17/h1-3,6-9,13,15,18-19H,4-5,10-12,14H2,(H,24,29). The van der Waals surface area contributed by atoms with Gasteiger partial charge in [-0.1, -0.05) is 24.3 Å². The fourth-order valence-corrected chi connectivity index (χ4v) is 4.11. The maximum atomic E-state index is 12.9. The zero-order chi connectivity index (χ0) is 20.2. The topological polar surface area (TPSA) is 82.6 Å². The number of aromatic nitrogens is 1. The maximum absolute atomic E-state index is 12.9. The SMILES string of the molecule is O=C1NC(CCC(=O)N2CCCCC2c2cccnc2)C(=O)N1c1ccccc1. The number of anilines is 1. The molecule has 2 saturated heterocycles. The van der Waals surface area contributed by atoms with Crippen molar-refractivity contribution in [2.75, 3.05) is 11.4 Å². The normalized spacial score (nSPS) is 21.9. The number of hydrogen-bond donors (Lipinski definition) is 1. The molecule has 0 radical (unpaired) electrons. The molecule has 29 heavy (non-hydrogen) atoms. The average molecular weight is 392 g/mol. The van der Waals surface area contributed by atoms with Gasteiger partial charge in [0.1, 0.15) is 6.04 Å². The van der Waals surface area contributed by atoms with Crippen LogP contribution in [0.3, 0.4) is 0 Å². The highest BCUT2D eigenvalue weighted by atomic mass is 16.2. The first kappa shape index (κ1) is 19.1. The summed E-state index contributed by atoms with van der Waals surface area (Å²) in [6.07, 6.45) is 7.02. The molecular formula is C22H24N4O3. The molecule has 2 aromatic rings. The van der Waals surface area contributed by atoms with Gasteiger partial charge < -0.3 is 10.2 Å². The Labute approximate surface area is 169 Å². The summed E-state index contributed by atoms with van der Waals surface area (Å²) in [4.78, 5) is 45.1. The number of amides is 4. The van der Waals surface area contributed by atoms with Gasteiger partial charge in [-0.3, -0.25) is 14.6 Å². The molecule has 0 aliphatic carbocycles. The Morgan fingerprint density at radius 1 is 1.10 bits per heavy atom. The number of carbonyl (C=O) groups is 3. The second-order valence-electron chi connectivity index (χ2n) is 7.44. The molecule has 0 spiro atoms. The number of nitrogens with zero attached hydrogens (tertiary/aromatic N) is 3. The quantitative estimate of drug-likeness (QED) is 0.793. The van der Waals surface area contributed by atoms with Crippen LogP contribution < -0.4 is 10.2 Å². The van der Waals surface area contributed by atoms with Crippen LogP contribution in [0, 0.1) is 0 Å². The molecule has 0 saturated carbocycles. The second kappa shape index (κ2) is 8.43. The smallest absolute Gasteiger partial charge is 0.329 e. The van der Waals surface area contributed by atoms with E-state index in [2.05, 4.69) is 10.3 Å². The number of hydrogen-bond acceptors (Lipinski definition) is 4. The van der Waals surface area contributed by atoms with Crippen LogP contribution in [0.2, 0.25) is 0 Å². The van der Waals surface area contributed by atoms with E-state index < -0.39 is 12.1 Å². The molecule has 0 bridgehead atoms. The number of carbonyl (C=O) groups excluding carboxylic acids is 3. The zero-order valence-electron chi connectivity index (χ0n) is 16.2. The molecule has 2 aliphatic heterocycles. The van der Waals surface area contributed by atoms with E-state index in [0.717, 1.165) is 29.7 Å². The minimum Gasteiger partial charge on any atom is -0.336 e. The van der Waals surface area contributed by atoms with Crippen LogP contribution in [0.4, 0.5) is 10.5 Å². The van der Waals surface area contributed by atoms with E-state index in [1.807, 2.05) is 29.3 Å². The molecule has 1 N–H and O–H groups in total. The second-order valence-corrected chi connectivity index (χ2v) is 7.44. The van der Waals surface area contributed by atoms with Gasteiger partial charge in [-0.15, -0.1) is 0 Å². The van der Waals surface area contributed by atoms with Crippen LogP contribution in [0.15, 0.2) is 54.9 Å². The Bertz CT molecular complexity index is 887. The minimum absolute atomic E-state index is 0.0127. The summed E-state index contributed by atoms with van der Waals surface area (Å²) in [5, 5.41) is 2.71. The number of urea groups is 1. The first-order valence-corrected chi connectivity index (χ1v) is 10.0. The molecule has 7 heteroatoms. The Morgan fingerprint density at radius 2 is 1.93 bits per heavy atom. The number of benzene rings is 1. The number of pyridine rings is 1. The zero-order valence-corrected chi connectivity index (χ0v) is 16.2. The number of imide groups is 1. The van der Waals surface area contributed by atoms with Crippen molar-refractivity contribution >= 4 is 23.5 Å². The van der Waals surface area contributed by atoms with Crippen LogP contribution >= 0.6 is 0 Å². The van der Waals surface area contributed by atoms with Crippen molar-refractivity contribution < 1.29 is 14.4 Å². The van der Waals surface area contributed by atoms with Gasteiger partial charge >= 0.3 is 6.03 Å². The van der Waals surface area contributed by atoms with Gasteiger partial charge in [-0.2, -0.15) is 0 Å². The summed E-state index contributed by atoms with van der Waals surface area (Å²) in [5.41, 5.74) is 1.58. The van der Waals surface area contributed by atoms with E-state index in [1.165, 1.54) is 0 Å². The Hall–Kier alpha value is -3.22. The lowest BCUT2D eigenvalue weighted by Gasteiger charge is -2.36. The largest absolute Gasteiger partial charge is 0.336 e. The Balaban J connectivity index is 1.40. The van der Waals surface area contributed by atoms with E-state index in [1.54, 1.807) is 30.5 Å². The van der Waals surface area contributed by atoms with Gasteiger partial charge in [0.05, 0.1) is 11.7 Å². The summed E-state index contributed by atoms with van der Waals surface area (Å²) in [6, 6.07) is 11.6. The summed E-state index contributed by atoms with van der Waals surface area (Å²) in [7, 11) is 0. The van der Waals surface area contributed by atoms with Gasteiger partial charge in [0, 0.05) is 25.4 Å². The Kier molecular flexibility index (Phi) is 5.55. The molecule has 150 valence electrons. The first-order chi connectivity index (χ1) is 14.1. The highest BCUT2D eigenvalue weighted by molar-refractivity contribution is 6.21. The molecule has 1 aromatic heterocycles. The van der Waals surface area contributed by atoms with E-state index in [0.29, 0.717) is 18.7 Å². The number of likely N-dealkylation sites (tertiary alicyclic amines) is 1. The van der Waals surface area contributed by atoms with E-state index in [9.17, 15) is 14.4 Å². The molecule has 3 heterocycles. The monoisotopic (exact) mass is 392 g/mol.